The summed E-state index contributed by atoms with van der Waals surface area (Å²) in [6, 6.07) is 2.96. The van der Waals surface area contributed by atoms with Crippen LogP contribution in [0.2, 0.25) is 0 Å². The zero-order valence-electron chi connectivity index (χ0n) is 12.1. The van der Waals surface area contributed by atoms with E-state index in [2.05, 4.69) is 4.94 Å². The molecule has 2 rings (SSSR count). The molecule has 0 aliphatic carbocycles. The fourth-order valence-corrected chi connectivity index (χ4v) is 2.66. The van der Waals surface area contributed by atoms with Crippen molar-refractivity contribution in [3.63, 3.8) is 0 Å². The first-order valence-corrected chi connectivity index (χ1v) is 6.82. The van der Waals surface area contributed by atoms with Crippen LogP contribution in [0.4, 0.5) is 8.92 Å². The molecule has 116 valence electrons. The summed E-state index contributed by atoms with van der Waals surface area (Å²) >= 11 is 0. The van der Waals surface area contributed by atoms with Gasteiger partial charge in [-0.25, -0.2) is 9.18 Å². The number of carbonyl (C=O) groups excluding carboxylic acids is 1. The summed E-state index contributed by atoms with van der Waals surface area (Å²) in [5, 5.41) is 0. The normalized spacial score (nSPS) is 21.9. The van der Waals surface area contributed by atoms with E-state index in [1.54, 1.807) is 6.07 Å². The standard InChI is InChI=1S/C15H18F2O4/c1-15(5-3-4-6-20-15)11-7-10(8-13(18)21-17)14(19-2)12(16)9-11/h7,9H,3-6,8H2,1-2H3. The molecule has 0 saturated carbocycles. The monoisotopic (exact) mass is 300 g/mol. The first kappa shape index (κ1) is 15.7. The third-order valence-electron chi connectivity index (χ3n) is 3.82. The molecule has 0 bridgehead atoms. The number of hydrogen-bond acceptors (Lipinski definition) is 4. The average molecular weight is 300 g/mol. The fraction of sp³-hybridized carbons (Fsp3) is 0.533. The molecule has 1 saturated heterocycles. The van der Waals surface area contributed by atoms with Crippen LogP contribution in [0, 0.1) is 5.82 Å². The SMILES string of the molecule is COc1c(F)cc(C2(C)CCCCO2)cc1CC(=O)OF. The molecule has 0 radical (unpaired) electrons. The molecule has 6 heteroatoms. The summed E-state index contributed by atoms with van der Waals surface area (Å²) in [6.07, 6.45) is 2.30. The number of ether oxygens (including phenoxy) is 2. The van der Waals surface area contributed by atoms with Crippen LogP contribution in [0.1, 0.15) is 37.3 Å². The first-order valence-electron chi connectivity index (χ1n) is 6.82. The highest BCUT2D eigenvalue weighted by molar-refractivity contribution is 5.73. The Morgan fingerprint density at radius 3 is 2.76 bits per heavy atom. The Balaban J connectivity index is 2.41. The van der Waals surface area contributed by atoms with Crippen molar-refractivity contribution >= 4 is 5.97 Å². The lowest BCUT2D eigenvalue weighted by Gasteiger charge is -2.34. The molecule has 0 spiro atoms. The second kappa shape index (κ2) is 6.39. The third kappa shape index (κ3) is 3.32. The van der Waals surface area contributed by atoms with Crippen molar-refractivity contribution in [3.8, 4) is 5.75 Å². The second-order valence-corrected chi connectivity index (χ2v) is 5.31. The molecule has 0 aromatic heterocycles. The molecule has 1 unspecified atom stereocenters. The molecule has 1 aromatic rings. The summed E-state index contributed by atoms with van der Waals surface area (Å²) in [5.74, 6) is -1.78. The molecule has 0 amide bonds. The number of hydrogen-bond donors (Lipinski definition) is 0. The molecule has 0 N–H and O–H groups in total. The van der Waals surface area contributed by atoms with Crippen molar-refractivity contribution in [2.24, 2.45) is 0 Å². The summed E-state index contributed by atoms with van der Waals surface area (Å²) in [7, 11) is 1.29. The van der Waals surface area contributed by atoms with Crippen LogP contribution in [0.3, 0.4) is 0 Å². The zero-order chi connectivity index (χ0) is 15.5. The van der Waals surface area contributed by atoms with Gasteiger partial charge in [-0.1, -0.05) is 0 Å². The predicted octanol–water partition coefficient (Wildman–Crippen LogP) is 3.22. The molecule has 21 heavy (non-hydrogen) atoms. The molecular weight excluding hydrogens is 282 g/mol. The largest absolute Gasteiger partial charge is 0.493 e. The van der Waals surface area contributed by atoms with E-state index in [4.69, 9.17) is 9.47 Å². The van der Waals surface area contributed by atoms with Gasteiger partial charge in [-0.15, -0.1) is 0 Å². The van der Waals surface area contributed by atoms with Crippen molar-refractivity contribution in [1.82, 2.24) is 0 Å². The summed E-state index contributed by atoms with van der Waals surface area (Å²) in [4.78, 5) is 14.3. The molecule has 1 aliphatic rings. The van der Waals surface area contributed by atoms with E-state index >= 15 is 0 Å². The number of rotatable bonds is 4. The van der Waals surface area contributed by atoms with Crippen LogP contribution in [0.15, 0.2) is 12.1 Å². The molecule has 1 fully saturated rings. The Bertz CT molecular complexity index is 525. The first-order chi connectivity index (χ1) is 10.00. The lowest BCUT2D eigenvalue weighted by molar-refractivity contribution is -0.182. The Labute approximate surface area is 121 Å². The van der Waals surface area contributed by atoms with Crippen molar-refractivity contribution in [1.29, 1.82) is 0 Å². The Hall–Kier alpha value is -1.69. The number of methoxy groups -OCH3 is 1. The van der Waals surface area contributed by atoms with E-state index in [0.717, 1.165) is 19.3 Å². The van der Waals surface area contributed by atoms with Crippen molar-refractivity contribution in [2.75, 3.05) is 13.7 Å². The van der Waals surface area contributed by atoms with E-state index in [1.807, 2.05) is 6.92 Å². The molecule has 1 aliphatic heterocycles. The highest BCUT2D eigenvalue weighted by atomic mass is 19.3. The van der Waals surface area contributed by atoms with Crippen LogP contribution in [-0.4, -0.2) is 19.7 Å². The minimum absolute atomic E-state index is 0.0800. The maximum absolute atomic E-state index is 14.2. The van der Waals surface area contributed by atoms with Crippen molar-refractivity contribution in [3.05, 3.63) is 29.1 Å². The van der Waals surface area contributed by atoms with Gasteiger partial charge in [0.25, 0.3) is 0 Å². The second-order valence-electron chi connectivity index (χ2n) is 5.31. The molecule has 1 aromatic carbocycles. The van der Waals surface area contributed by atoms with Gasteiger partial charge in [0.2, 0.25) is 0 Å². The summed E-state index contributed by atoms with van der Waals surface area (Å²) < 4.78 is 36.8. The van der Waals surface area contributed by atoms with E-state index in [-0.39, 0.29) is 11.3 Å². The number of benzene rings is 1. The summed E-state index contributed by atoms with van der Waals surface area (Å²) in [6.45, 7) is 2.48. The van der Waals surface area contributed by atoms with Gasteiger partial charge in [0.1, 0.15) is 0 Å². The van der Waals surface area contributed by atoms with Gasteiger partial charge in [-0.3, -0.25) is 4.94 Å². The number of carbonyl (C=O) groups is 1. The topological polar surface area (TPSA) is 44.8 Å². The zero-order valence-corrected chi connectivity index (χ0v) is 12.1. The van der Waals surface area contributed by atoms with Crippen LogP contribution in [0.25, 0.3) is 0 Å². The quantitative estimate of drug-likeness (QED) is 0.856. The predicted molar refractivity (Wildman–Crippen MR) is 71.0 cm³/mol. The Morgan fingerprint density at radius 1 is 1.43 bits per heavy atom. The van der Waals surface area contributed by atoms with Gasteiger partial charge < -0.3 is 9.47 Å². The highest BCUT2D eigenvalue weighted by Crippen LogP contribution is 2.38. The highest BCUT2D eigenvalue weighted by Gasteiger charge is 2.32. The van der Waals surface area contributed by atoms with E-state index in [0.29, 0.717) is 12.2 Å². The smallest absolute Gasteiger partial charge is 0.353 e. The van der Waals surface area contributed by atoms with Gasteiger partial charge in [0, 0.05) is 16.7 Å². The molecule has 1 heterocycles. The minimum atomic E-state index is -1.10. The van der Waals surface area contributed by atoms with Crippen LogP contribution in [-0.2, 0) is 26.5 Å². The lowest BCUT2D eigenvalue weighted by Crippen LogP contribution is -2.30. The van der Waals surface area contributed by atoms with Crippen molar-refractivity contribution < 1.29 is 28.1 Å². The van der Waals surface area contributed by atoms with E-state index in [1.165, 1.54) is 13.2 Å². The van der Waals surface area contributed by atoms with Crippen LogP contribution >= 0.6 is 0 Å². The average Bonchev–Trinajstić information content (AvgIpc) is 2.47. The van der Waals surface area contributed by atoms with Crippen LogP contribution < -0.4 is 4.74 Å². The molecule has 4 nitrogen and oxygen atoms in total. The summed E-state index contributed by atoms with van der Waals surface area (Å²) in [5.41, 5.74) is 0.243. The lowest BCUT2D eigenvalue weighted by atomic mass is 9.87. The third-order valence-corrected chi connectivity index (χ3v) is 3.82. The molecule has 1 atom stereocenters. The molecular formula is C15H18F2O4. The maximum atomic E-state index is 14.2. The Kier molecular flexibility index (Phi) is 4.77. The Morgan fingerprint density at radius 2 is 2.19 bits per heavy atom. The fourth-order valence-electron chi connectivity index (χ4n) is 2.66. The minimum Gasteiger partial charge on any atom is -0.493 e. The maximum Gasteiger partial charge on any atom is 0.353 e. The van der Waals surface area contributed by atoms with Gasteiger partial charge >= 0.3 is 5.97 Å². The van der Waals surface area contributed by atoms with Gasteiger partial charge in [-0.05, 0) is 43.9 Å². The van der Waals surface area contributed by atoms with Gasteiger partial charge in [0.05, 0.1) is 19.1 Å². The van der Waals surface area contributed by atoms with Gasteiger partial charge in [-0.2, -0.15) is 0 Å². The van der Waals surface area contributed by atoms with Gasteiger partial charge in [0.15, 0.2) is 11.6 Å². The van der Waals surface area contributed by atoms with Crippen LogP contribution in [0.5, 0.6) is 5.75 Å². The number of halogens is 2. The van der Waals surface area contributed by atoms with E-state index in [9.17, 15) is 13.7 Å². The van der Waals surface area contributed by atoms with E-state index < -0.39 is 23.8 Å². The van der Waals surface area contributed by atoms with Crippen molar-refractivity contribution in [2.45, 2.75) is 38.2 Å².